The first-order chi connectivity index (χ1) is 10.5. The van der Waals surface area contributed by atoms with E-state index in [9.17, 15) is 19.5 Å². The number of hydrogen-bond donors (Lipinski definition) is 2. The maximum atomic E-state index is 12.7. The molecule has 0 aliphatic heterocycles. The summed E-state index contributed by atoms with van der Waals surface area (Å²) in [4.78, 5) is 40.3. The highest BCUT2D eigenvalue weighted by Gasteiger charge is 2.39. The van der Waals surface area contributed by atoms with Crippen LogP contribution in [0.1, 0.15) is 54.2 Å². The van der Waals surface area contributed by atoms with Crippen LogP contribution in [-0.4, -0.2) is 39.0 Å². The van der Waals surface area contributed by atoms with Gasteiger partial charge in [-0.1, -0.05) is 0 Å². The largest absolute Gasteiger partial charge is 0.480 e. The van der Waals surface area contributed by atoms with Crippen molar-refractivity contribution in [2.24, 2.45) is 0 Å². The van der Waals surface area contributed by atoms with Gasteiger partial charge >= 0.3 is 5.97 Å². The number of nitrogens with one attached hydrogen (secondary N) is 1. The molecule has 0 saturated heterocycles. The molecule has 2 aliphatic carbocycles. The molecule has 3 rings (SSSR count). The Hall–Kier alpha value is -2.11. The summed E-state index contributed by atoms with van der Waals surface area (Å²) in [6.45, 7) is 1.49. The van der Waals surface area contributed by atoms with Gasteiger partial charge in [0, 0.05) is 11.7 Å². The van der Waals surface area contributed by atoms with Crippen LogP contribution in [0.4, 0.5) is 0 Å². The molecule has 2 N–H and O–H groups in total. The van der Waals surface area contributed by atoms with Crippen LogP contribution in [0.25, 0.3) is 0 Å². The lowest BCUT2D eigenvalue weighted by molar-refractivity contribution is -0.141. The lowest BCUT2D eigenvalue weighted by Gasteiger charge is -2.26. The number of aromatic amines is 1. The highest BCUT2D eigenvalue weighted by molar-refractivity contribution is 5.96. The molecule has 0 bridgehead atoms. The van der Waals surface area contributed by atoms with Gasteiger partial charge in [-0.2, -0.15) is 0 Å². The fraction of sp³-hybridized carbons (Fsp3) is 0.562. The third-order valence-corrected chi connectivity index (χ3v) is 4.52. The molecule has 0 spiro atoms. The van der Waals surface area contributed by atoms with Crippen LogP contribution >= 0.6 is 0 Å². The number of pyridine rings is 1. The van der Waals surface area contributed by atoms with Gasteiger partial charge in [-0.05, 0) is 57.1 Å². The van der Waals surface area contributed by atoms with Gasteiger partial charge in [-0.3, -0.25) is 9.59 Å². The molecule has 22 heavy (non-hydrogen) atoms. The fourth-order valence-electron chi connectivity index (χ4n) is 3.10. The van der Waals surface area contributed by atoms with Crippen molar-refractivity contribution in [3.63, 3.8) is 0 Å². The van der Waals surface area contributed by atoms with Gasteiger partial charge in [-0.15, -0.1) is 0 Å². The Morgan fingerprint density at radius 2 is 2.00 bits per heavy atom. The van der Waals surface area contributed by atoms with Crippen molar-refractivity contribution < 1.29 is 14.7 Å². The summed E-state index contributed by atoms with van der Waals surface area (Å²) >= 11 is 0. The minimum Gasteiger partial charge on any atom is -0.480 e. The standard InChI is InChI=1S/C16H20N2O4/c1-9(16(21)22)18(11-6-7-11)15(20)12-8-10-4-2-3-5-13(10)17-14(12)19/h8-9,11H,2-7H2,1H3,(H,17,19)(H,21,22). The van der Waals surface area contributed by atoms with Crippen molar-refractivity contribution in [1.29, 1.82) is 0 Å². The number of carboxylic acids is 1. The Balaban J connectivity index is 1.96. The van der Waals surface area contributed by atoms with E-state index in [0.717, 1.165) is 49.8 Å². The lowest BCUT2D eigenvalue weighted by atomic mass is 9.94. The Bertz CT molecular complexity index is 675. The van der Waals surface area contributed by atoms with Gasteiger partial charge in [0.15, 0.2) is 0 Å². The third-order valence-electron chi connectivity index (χ3n) is 4.52. The normalized spacial score (nSPS) is 18.4. The van der Waals surface area contributed by atoms with Gasteiger partial charge in [0.2, 0.25) is 0 Å². The zero-order valence-electron chi connectivity index (χ0n) is 12.6. The molecule has 1 aromatic rings. The second-order valence-corrected chi connectivity index (χ2v) is 6.18. The van der Waals surface area contributed by atoms with Crippen LogP contribution in [0, 0.1) is 0 Å². The van der Waals surface area contributed by atoms with Crippen LogP contribution in [0.3, 0.4) is 0 Å². The second-order valence-electron chi connectivity index (χ2n) is 6.18. The summed E-state index contributed by atoms with van der Waals surface area (Å²) in [5.41, 5.74) is 1.58. The number of carbonyl (C=O) groups is 2. The number of aliphatic carboxylic acids is 1. The minimum atomic E-state index is -1.05. The fourth-order valence-corrected chi connectivity index (χ4v) is 3.10. The number of H-pyrrole nitrogens is 1. The SMILES string of the molecule is CC(C(=O)O)N(C(=O)c1cc2c([nH]c1=O)CCCC2)C1CC1. The lowest BCUT2D eigenvalue weighted by Crippen LogP contribution is -2.46. The van der Waals surface area contributed by atoms with E-state index in [2.05, 4.69) is 4.98 Å². The number of fused-ring (bicyclic) bond motifs is 1. The van der Waals surface area contributed by atoms with Crippen LogP contribution in [-0.2, 0) is 17.6 Å². The number of hydrogen-bond acceptors (Lipinski definition) is 3. The van der Waals surface area contributed by atoms with Crippen LogP contribution in [0.5, 0.6) is 0 Å². The van der Waals surface area contributed by atoms with Crippen molar-refractivity contribution in [1.82, 2.24) is 9.88 Å². The molecule has 1 unspecified atom stereocenters. The first-order valence-electron chi connectivity index (χ1n) is 7.79. The number of carbonyl (C=O) groups excluding carboxylic acids is 1. The Labute approximate surface area is 128 Å². The zero-order valence-corrected chi connectivity index (χ0v) is 12.6. The van der Waals surface area contributed by atoms with E-state index in [-0.39, 0.29) is 11.6 Å². The van der Waals surface area contributed by atoms with E-state index in [0.29, 0.717) is 0 Å². The predicted octanol–water partition coefficient (Wildman–Crippen LogP) is 1.33. The molecule has 1 heterocycles. The maximum Gasteiger partial charge on any atom is 0.326 e. The molecule has 6 nitrogen and oxygen atoms in total. The topological polar surface area (TPSA) is 90.5 Å². The molecule has 6 heteroatoms. The van der Waals surface area contributed by atoms with Gasteiger partial charge in [0.05, 0.1) is 0 Å². The molecule has 0 aromatic carbocycles. The van der Waals surface area contributed by atoms with Gasteiger partial charge in [0.1, 0.15) is 11.6 Å². The second kappa shape index (κ2) is 5.59. The van der Waals surface area contributed by atoms with E-state index in [1.165, 1.54) is 11.8 Å². The van der Waals surface area contributed by atoms with Crippen molar-refractivity contribution in [2.45, 2.75) is 57.5 Å². The Morgan fingerprint density at radius 1 is 1.32 bits per heavy atom. The Kier molecular flexibility index (Phi) is 3.76. The average Bonchev–Trinajstić information content (AvgIpc) is 3.31. The molecule has 118 valence electrons. The number of amides is 1. The summed E-state index contributed by atoms with van der Waals surface area (Å²) < 4.78 is 0. The highest BCUT2D eigenvalue weighted by Crippen LogP contribution is 2.30. The van der Waals surface area contributed by atoms with Gasteiger partial charge < -0.3 is 15.0 Å². The minimum absolute atomic E-state index is 0.0611. The number of carboxylic acid groups (broad SMARTS) is 1. The summed E-state index contributed by atoms with van der Waals surface area (Å²) in [5.74, 6) is -1.51. The molecular weight excluding hydrogens is 284 g/mol. The van der Waals surface area contributed by atoms with Crippen molar-refractivity contribution in [3.05, 3.63) is 33.2 Å². The number of rotatable bonds is 4. The van der Waals surface area contributed by atoms with Crippen LogP contribution in [0.15, 0.2) is 10.9 Å². The molecule has 1 fully saturated rings. The number of aryl methyl sites for hydroxylation is 2. The van der Waals surface area contributed by atoms with Crippen LogP contribution < -0.4 is 5.56 Å². The van der Waals surface area contributed by atoms with E-state index >= 15 is 0 Å². The van der Waals surface area contributed by atoms with Gasteiger partial charge in [0.25, 0.3) is 11.5 Å². The quantitative estimate of drug-likeness (QED) is 0.878. The third kappa shape index (κ3) is 2.65. The van der Waals surface area contributed by atoms with Crippen molar-refractivity contribution in [3.8, 4) is 0 Å². The molecular formula is C16H20N2O4. The molecule has 0 radical (unpaired) electrons. The molecule has 2 aliphatic rings. The van der Waals surface area contributed by atoms with Gasteiger partial charge in [-0.25, -0.2) is 4.79 Å². The summed E-state index contributed by atoms with van der Waals surface area (Å²) in [7, 11) is 0. The van der Waals surface area contributed by atoms with E-state index < -0.39 is 23.5 Å². The highest BCUT2D eigenvalue weighted by atomic mass is 16.4. The monoisotopic (exact) mass is 304 g/mol. The zero-order chi connectivity index (χ0) is 15.9. The smallest absolute Gasteiger partial charge is 0.326 e. The molecule has 1 saturated carbocycles. The summed E-state index contributed by atoms with van der Waals surface area (Å²) in [5, 5.41) is 9.21. The van der Waals surface area contributed by atoms with Crippen molar-refractivity contribution >= 4 is 11.9 Å². The molecule has 1 atom stereocenters. The van der Waals surface area contributed by atoms with E-state index in [1.54, 1.807) is 6.07 Å². The number of nitrogens with zero attached hydrogens (tertiary/aromatic N) is 1. The summed E-state index contributed by atoms with van der Waals surface area (Å²) in [6, 6.07) is 0.684. The Morgan fingerprint density at radius 3 is 2.64 bits per heavy atom. The maximum absolute atomic E-state index is 12.7. The number of aromatic nitrogens is 1. The van der Waals surface area contributed by atoms with E-state index in [4.69, 9.17) is 0 Å². The first kappa shape index (κ1) is 14.8. The average molecular weight is 304 g/mol. The summed E-state index contributed by atoms with van der Waals surface area (Å²) in [6.07, 6.45) is 5.37. The van der Waals surface area contributed by atoms with Crippen LogP contribution in [0.2, 0.25) is 0 Å². The molecule has 1 amide bonds. The molecule has 1 aromatic heterocycles. The van der Waals surface area contributed by atoms with Crippen molar-refractivity contribution in [2.75, 3.05) is 0 Å². The van der Waals surface area contributed by atoms with E-state index in [1.807, 2.05) is 0 Å². The first-order valence-corrected chi connectivity index (χ1v) is 7.79. The predicted molar refractivity (Wildman–Crippen MR) is 80.0 cm³/mol.